The van der Waals surface area contributed by atoms with Gasteiger partial charge in [0.1, 0.15) is 5.75 Å². The van der Waals surface area contributed by atoms with E-state index in [0.717, 1.165) is 31.7 Å². The summed E-state index contributed by atoms with van der Waals surface area (Å²) in [6.07, 6.45) is 3.87. The van der Waals surface area contributed by atoms with Crippen molar-refractivity contribution in [2.45, 2.75) is 30.6 Å². The summed E-state index contributed by atoms with van der Waals surface area (Å²) in [5.41, 5.74) is -0.307. The zero-order valence-corrected chi connectivity index (χ0v) is 18.4. The number of rotatable bonds is 6. The first-order valence-electron chi connectivity index (χ1n) is 9.67. The van der Waals surface area contributed by atoms with Crippen LogP contribution in [-0.4, -0.2) is 44.3 Å². The van der Waals surface area contributed by atoms with Gasteiger partial charge in [-0.2, -0.15) is 0 Å². The number of carbonyl (C=O) groups excluding carboxylic acids is 1. The molecule has 11 heteroatoms. The normalized spacial score (nSPS) is 14.6. The molecule has 0 saturated carbocycles. The molecule has 2 aromatic rings. The number of anilines is 1. The lowest BCUT2D eigenvalue weighted by molar-refractivity contribution is -0.384. The summed E-state index contributed by atoms with van der Waals surface area (Å²) >= 11 is 6.01. The van der Waals surface area contributed by atoms with Crippen molar-refractivity contribution in [1.82, 2.24) is 4.90 Å². The Morgan fingerprint density at radius 3 is 2.42 bits per heavy atom. The summed E-state index contributed by atoms with van der Waals surface area (Å²) in [7, 11) is -2.77. The number of non-ortho nitro benzene ring substituents is 1. The zero-order valence-electron chi connectivity index (χ0n) is 16.8. The Morgan fingerprint density at radius 1 is 1.13 bits per heavy atom. The maximum atomic E-state index is 13.1. The number of sulfonamides is 1. The summed E-state index contributed by atoms with van der Waals surface area (Å²) < 4.78 is 33.4. The predicted octanol–water partition coefficient (Wildman–Crippen LogP) is 4.07. The summed E-state index contributed by atoms with van der Waals surface area (Å²) in [4.78, 5) is 24.9. The number of nitro benzene ring substituents is 1. The first-order chi connectivity index (χ1) is 14.7. The van der Waals surface area contributed by atoms with Crippen LogP contribution < -0.4 is 9.46 Å². The molecule has 1 fully saturated rings. The third-order valence-corrected chi connectivity index (χ3v) is 6.70. The molecule has 0 aromatic heterocycles. The molecule has 1 N–H and O–H groups in total. The number of nitrogens with one attached hydrogen (secondary N) is 1. The molecule has 1 aliphatic rings. The lowest BCUT2D eigenvalue weighted by Crippen LogP contribution is -2.32. The summed E-state index contributed by atoms with van der Waals surface area (Å²) in [5, 5.41) is 11.0. The molecule has 0 spiro atoms. The number of halogens is 1. The number of amides is 1. The van der Waals surface area contributed by atoms with Gasteiger partial charge in [-0.1, -0.05) is 24.4 Å². The summed E-state index contributed by atoms with van der Waals surface area (Å²) in [6, 6.07) is 7.40. The van der Waals surface area contributed by atoms with Crippen LogP contribution in [0.5, 0.6) is 5.75 Å². The molecule has 1 heterocycles. The molecule has 31 heavy (non-hydrogen) atoms. The van der Waals surface area contributed by atoms with Gasteiger partial charge in [-0.05, 0) is 37.1 Å². The number of carbonyl (C=O) groups is 1. The van der Waals surface area contributed by atoms with Crippen molar-refractivity contribution in [2.24, 2.45) is 0 Å². The molecule has 1 amide bonds. The predicted molar refractivity (Wildman–Crippen MR) is 116 cm³/mol. The minimum Gasteiger partial charge on any atom is -0.496 e. The van der Waals surface area contributed by atoms with Crippen LogP contribution in [0, 0.1) is 10.1 Å². The molecule has 2 aromatic carbocycles. The highest BCUT2D eigenvalue weighted by atomic mass is 35.5. The van der Waals surface area contributed by atoms with Crippen molar-refractivity contribution < 1.29 is 22.9 Å². The van der Waals surface area contributed by atoms with Crippen LogP contribution in [-0.2, 0) is 10.0 Å². The Kier molecular flexibility index (Phi) is 7.01. The van der Waals surface area contributed by atoms with E-state index in [2.05, 4.69) is 4.72 Å². The highest BCUT2D eigenvalue weighted by Crippen LogP contribution is 2.30. The SMILES string of the molecule is COc1ccc(S(=O)(=O)Nc2cc([N+](=O)[O-])ccc2Cl)cc1C(=O)N1CCCCCC1. The molecular weight excluding hydrogens is 446 g/mol. The third-order valence-electron chi connectivity index (χ3n) is 5.01. The van der Waals surface area contributed by atoms with Crippen LogP contribution in [0.4, 0.5) is 11.4 Å². The van der Waals surface area contributed by atoms with Gasteiger partial charge >= 0.3 is 0 Å². The average molecular weight is 468 g/mol. The second-order valence-corrected chi connectivity index (χ2v) is 9.18. The second kappa shape index (κ2) is 9.52. The molecule has 0 bridgehead atoms. The Bertz CT molecular complexity index is 1100. The monoisotopic (exact) mass is 467 g/mol. The van der Waals surface area contributed by atoms with Crippen LogP contribution in [0.2, 0.25) is 5.02 Å². The topological polar surface area (TPSA) is 119 Å². The first-order valence-corrected chi connectivity index (χ1v) is 11.5. The van der Waals surface area contributed by atoms with Crippen molar-refractivity contribution in [3.05, 3.63) is 57.1 Å². The van der Waals surface area contributed by atoms with E-state index in [4.69, 9.17) is 16.3 Å². The zero-order chi connectivity index (χ0) is 22.6. The van der Waals surface area contributed by atoms with E-state index >= 15 is 0 Å². The maximum Gasteiger partial charge on any atom is 0.271 e. The van der Waals surface area contributed by atoms with Gasteiger partial charge in [0.2, 0.25) is 0 Å². The smallest absolute Gasteiger partial charge is 0.271 e. The molecule has 0 atom stereocenters. The number of nitro groups is 1. The fourth-order valence-corrected chi connectivity index (χ4v) is 4.69. The van der Waals surface area contributed by atoms with Gasteiger partial charge in [-0.15, -0.1) is 0 Å². The number of ether oxygens (including phenoxy) is 1. The third kappa shape index (κ3) is 5.26. The number of methoxy groups -OCH3 is 1. The van der Waals surface area contributed by atoms with E-state index in [0.29, 0.717) is 13.1 Å². The quantitative estimate of drug-likeness (QED) is 0.505. The Hall–Kier alpha value is -2.85. The summed E-state index contributed by atoms with van der Waals surface area (Å²) in [5.74, 6) is -0.0363. The number of hydrogen-bond acceptors (Lipinski definition) is 6. The van der Waals surface area contributed by atoms with Crippen LogP contribution in [0.15, 0.2) is 41.3 Å². The minimum atomic E-state index is -4.18. The van der Waals surface area contributed by atoms with Gasteiger partial charge in [0.15, 0.2) is 0 Å². The number of nitrogens with zero attached hydrogens (tertiary/aromatic N) is 2. The maximum absolute atomic E-state index is 13.1. The highest BCUT2D eigenvalue weighted by molar-refractivity contribution is 7.92. The Morgan fingerprint density at radius 2 is 1.81 bits per heavy atom. The average Bonchev–Trinajstić information content (AvgIpc) is 3.03. The van der Waals surface area contributed by atoms with E-state index in [-0.39, 0.29) is 38.5 Å². The standard InChI is InChI=1S/C20H22ClN3O6S/c1-30-19-9-7-15(13-16(19)20(25)23-10-4-2-3-5-11-23)31(28,29)22-18-12-14(24(26)27)6-8-17(18)21/h6-9,12-13,22H,2-5,10-11H2,1H3. The fraction of sp³-hybridized carbons (Fsp3) is 0.350. The Labute approximate surface area is 185 Å². The van der Waals surface area contributed by atoms with Gasteiger partial charge in [0, 0.05) is 25.2 Å². The molecule has 9 nitrogen and oxygen atoms in total. The van der Waals surface area contributed by atoms with Crippen molar-refractivity contribution in [1.29, 1.82) is 0 Å². The lowest BCUT2D eigenvalue weighted by atomic mass is 10.1. The highest BCUT2D eigenvalue weighted by Gasteiger charge is 2.25. The van der Waals surface area contributed by atoms with E-state index in [1.807, 2.05) is 0 Å². The van der Waals surface area contributed by atoms with E-state index in [9.17, 15) is 23.3 Å². The van der Waals surface area contributed by atoms with E-state index in [1.54, 1.807) is 4.90 Å². The molecule has 1 saturated heterocycles. The molecular formula is C20H22ClN3O6S. The lowest BCUT2D eigenvalue weighted by Gasteiger charge is -2.22. The molecule has 0 unspecified atom stereocenters. The molecule has 0 radical (unpaired) electrons. The van der Waals surface area contributed by atoms with Crippen molar-refractivity contribution in [3.63, 3.8) is 0 Å². The van der Waals surface area contributed by atoms with Crippen LogP contribution >= 0.6 is 11.6 Å². The van der Waals surface area contributed by atoms with Gasteiger partial charge in [-0.25, -0.2) is 8.42 Å². The number of hydrogen-bond donors (Lipinski definition) is 1. The van der Waals surface area contributed by atoms with Gasteiger partial charge < -0.3 is 9.64 Å². The van der Waals surface area contributed by atoms with Crippen molar-refractivity contribution in [3.8, 4) is 5.75 Å². The summed E-state index contributed by atoms with van der Waals surface area (Å²) in [6.45, 7) is 1.20. The molecule has 0 aliphatic carbocycles. The van der Waals surface area contributed by atoms with Crippen LogP contribution in [0.3, 0.4) is 0 Å². The van der Waals surface area contributed by atoms with Gasteiger partial charge in [0.25, 0.3) is 21.6 Å². The largest absolute Gasteiger partial charge is 0.496 e. The molecule has 166 valence electrons. The number of likely N-dealkylation sites (tertiary alicyclic amines) is 1. The first kappa shape index (κ1) is 22.8. The van der Waals surface area contributed by atoms with E-state index in [1.165, 1.54) is 37.4 Å². The van der Waals surface area contributed by atoms with Gasteiger partial charge in [0.05, 0.1) is 33.2 Å². The number of benzene rings is 2. The molecule has 1 aliphatic heterocycles. The van der Waals surface area contributed by atoms with Crippen molar-refractivity contribution in [2.75, 3.05) is 24.9 Å². The van der Waals surface area contributed by atoms with Gasteiger partial charge in [-0.3, -0.25) is 19.6 Å². The van der Waals surface area contributed by atoms with Crippen LogP contribution in [0.1, 0.15) is 36.0 Å². The van der Waals surface area contributed by atoms with Crippen molar-refractivity contribution >= 4 is 38.9 Å². The fourth-order valence-electron chi connectivity index (χ4n) is 3.37. The van der Waals surface area contributed by atoms with E-state index < -0.39 is 14.9 Å². The molecule has 3 rings (SSSR count). The Balaban J connectivity index is 1.95. The minimum absolute atomic E-state index is 0.00329. The van der Waals surface area contributed by atoms with Crippen LogP contribution in [0.25, 0.3) is 0 Å². The second-order valence-electron chi connectivity index (χ2n) is 7.10.